The van der Waals surface area contributed by atoms with Crippen LogP contribution in [-0.2, 0) is 0 Å². The van der Waals surface area contributed by atoms with Crippen molar-refractivity contribution in [3.8, 4) is 6.07 Å². The molecule has 0 saturated heterocycles. The lowest BCUT2D eigenvalue weighted by atomic mass is 10.2. The number of hydrogen-bond donors (Lipinski definition) is 1. The lowest BCUT2D eigenvalue weighted by molar-refractivity contribution is 0.476. The molecule has 0 amide bonds. The van der Waals surface area contributed by atoms with Crippen molar-refractivity contribution in [2.75, 3.05) is 0 Å². The normalized spacial score (nSPS) is 10.6. The predicted molar refractivity (Wildman–Crippen MR) is 38.3 cm³/mol. The molecule has 1 aromatic heterocycles. The van der Waals surface area contributed by atoms with Crippen molar-refractivity contribution in [3.63, 3.8) is 0 Å². The second-order valence-corrected chi connectivity index (χ2v) is 1.75. The summed E-state index contributed by atoms with van der Waals surface area (Å²) in [5.41, 5.74) is 0.553. The van der Waals surface area contributed by atoms with Gasteiger partial charge in [0.15, 0.2) is 0 Å². The topological polar surface area (TPSA) is 69.8 Å². The average molecular weight is 147 g/mol. The highest BCUT2D eigenvalue weighted by Gasteiger charge is 1.98. The van der Waals surface area contributed by atoms with Gasteiger partial charge in [-0.2, -0.15) is 5.26 Å². The molecule has 11 heavy (non-hydrogen) atoms. The first-order valence-corrected chi connectivity index (χ1v) is 2.89. The van der Waals surface area contributed by atoms with E-state index in [0.717, 1.165) is 6.26 Å². The van der Waals surface area contributed by atoms with E-state index in [-0.39, 0.29) is 5.57 Å². The van der Waals surface area contributed by atoms with Crippen molar-refractivity contribution in [2.24, 2.45) is 0 Å². The third-order valence-electron chi connectivity index (χ3n) is 1.11. The van der Waals surface area contributed by atoms with Crippen molar-refractivity contribution in [1.29, 1.82) is 5.26 Å². The van der Waals surface area contributed by atoms with Gasteiger partial charge in [0.2, 0.25) is 0 Å². The zero-order chi connectivity index (χ0) is 8.10. The number of aliphatic hydroxyl groups excluding tert-OH is 1. The van der Waals surface area contributed by atoms with Crippen LogP contribution in [-0.4, -0.2) is 15.1 Å². The Labute approximate surface area is 63.5 Å². The van der Waals surface area contributed by atoms with Crippen LogP contribution in [0.15, 0.2) is 24.9 Å². The van der Waals surface area contributed by atoms with Crippen molar-refractivity contribution < 1.29 is 5.11 Å². The maximum absolute atomic E-state index is 8.53. The van der Waals surface area contributed by atoms with Crippen LogP contribution in [0.3, 0.4) is 0 Å². The molecule has 1 aromatic rings. The maximum Gasteiger partial charge on any atom is 0.116 e. The second kappa shape index (κ2) is 3.32. The minimum absolute atomic E-state index is 0.132. The Hall–Kier alpha value is -1.89. The first-order valence-electron chi connectivity index (χ1n) is 2.89. The summed E-state index contributed by atoms with van der Waals surface area (Å²) in [5, 5.41) is 17.0. The van der Waals surface area contributed by atoms with Crippen LogP contribution in [0.5, 0.6) is 0 Å². The van der Waals surface area contributed by atoms with Gasteiger partial charge in [-0.05, 0) is 6.07 Å². The number of hydrogen-bond acceptors (Lipinski definition) is 4. The van der Waals surface area contributed by atoms with Gasteiger partial charge in [-0.3, -0.25) is 0 Å². The van der Waals surface area contributed by atoms with E-state index < -0.39 is 0 Å². The van der Waals surface area contributed by atoms with Gasteiger partial charge in [0.25, 0.3) is 0 Å². The Morgan fingerprint density at radius 2 is 2.55 bits per heavy atom. The number of rotatable bonds is 1. The molecule has 0 bridgehead atoms. The van der Waals surface area contributed by atoms with E-state index in [4.69, 9.17) is 10.4 Å². The summed E-state index contributed by atoms with van der Waals surface area (Å²) in [7, 11) is 0. The molecular weight excluding hydrogens is 142 g/mol. The predicted octanol–water partition coefficient (Wildman–Crippen LogP) is 0.899. The van der Waals surface area contributed by atoms with Crippen LogP contribution in [0, 0.1) is 11.3 Å². The summed E-state index contributed by atoms with van der Waals surface area (Å²) < 4.78 is 0. The van der Waals surface area contributed by atoms with Crippen LogP contribution in [0.4, 0.5) is 0 Å². The Morgan fingerprint density at radius 3 is 3.00 bits per heavy atom. The molecule has 0 radical (unpaired) electrons. The molecule has 1 rings (SSSR count). The van der Waals surface area contributed by atoms with Crippen molar-refractivity contribution >= 4 is 5.57 Å². The maximum atomic E-state index is 8.53. The molecule has 0 atom stereocenters. The fourth-order valence-electron chi connectivity index (χ4n) is 0.602. The summed E-state index contributed by atoms with van der Waals surface area (Å²) in [6, 6.07) is 3.34. The summed E-state index contributed by atoms with van der Waals surface area (Å²) >= 11 is 0. The van der Waals surface area contributed by atoms with Crippen molar-refractivity contribution in [3.05, 3.63) is 30.5 Å². The number of allylic oxidation sites excluding steroid dienone is 1. The van der Waals surface area contributed by atoms with E-state index in [1.54, 1.807) is 12.1 Å². The van der Waals surface area contributed by atoms with Gasteiger partial charge in [0, 0.05) is 6.20 Å². The van der Waals surface area contributed by atoms with Crippen molar-refractivity contribution in [1.82, 2.24) is 9.97 Å². The lowest BCUT2D eigenvalue weighted by Gasteiger charge is -1.91. The van der Waals surface area contributed by atoms with E-state index in [0.29, 0.717) is 5.69 Å². The standard InChI is InChI=1S/C7H5N3O/c8-3-6(4-11)7-1-2-9-5-10-7/h1-2,4-5,11H/b6-4+. The monoisotopic (exact) mass is 147 g/mol. The number of nitriles is 1. The Balaban J connectivity index is 3.05. The quantitative estimate of drug-likeness (QED) is 0.473. The summed E-state index contributed by atoms with van der Waals surface area (Å²) in [5.74, 6) is 0. The Bertz CT molecular complexity index is 299. The molecule has 0 aliphatic rings. The molecule has 54 valence electrons. The summed E-state index contributed by atoms with van der Waals surface area (Å²) in [6.45, 7) is 0. The molecule has 0 fully saturated rings. The molecule has 4 nitrogen and oxygen atoms in total. The van der Waals surface area contributed by atoms with Gasteiger partial charge in [0.1, 0.15) is 18.0 Å². The molecule has 0 spiro atoms. The molecule has 0 saturated carbocycles. The molecule has 0 aliphatic carbocycles. The number of aromatic nitrogens is 2. The zero-order valence-corrected chi connectivity index (χ0v) is 5.60. The van der Waals surface area contributed by atoms with Crippen LogP contribution < -0.4 is 0 Å². The highest BCUT2D eigenvalue weighted by atomic mass is 16.2. The van der Waals surface area contributed by atoms with E-state index in [1.165, 1.54) is 12.5 Å². The minimum Gasteiger partial charge on any atom is -0.514 e. The molecule has 0 aliphatic heterocycles. The van der Waals surface area contributed by atoms with Crippen LogP contribution in [0.2, 0.25) is 0 Å². The lowest BCUT2D eigenvalue weighted by Crippen LogP contribution is -1.86. The first-order chi connectivity index (χ1) is 5.38. The van der Waals surface area contributed by atoms with Gasteiger partial charge < -0.3 is 5.11 Å². The van der Waals surface area contributed by atoms with E-state index >= 15 is 0 Å². The van der Waals surface area contributed by atoms with Crippen LogP contribution >= 0.6 is 0 Å². The SMILES string of the molecule is N#C/C(=C\O)c1ccncn1. The highest BCUT2D eigenvalue weighted by Crippen LogP contribution is 2.06. The Morgan fingerprint density at radius 1 is 1.73 bits per heavy atom. The third-order valence-corrected chi connectivity index (χ3v) is 1.11. The smallest absolute Gasteiger partial charge is 0.116 e. The van der Waals surface area contributed by atoms with Gasteiger partial charge in [-0.1, -0.05) is 0 Å². The van der Waals surface area contributed by atoms with Crippen molar-refractivity contribution in [2.45, 2.75) is 0 Å². The van der Waals surface area contributed by atoms with Gasteiger partial charge in [-0.15, -0.1) is 0 Å². The van der Waals surface area contributed by atoms with Gasteiger partial charge >= 0.3 is 0 Å². The number of nitrogens with zero attached hydrogens (tertiary/aromatic N) is 3. The minimum atomic E-state index is 0.132. The number of aliphatic hydroxyl groups is 1. The Kier molecular flexibility index (Phi) is 2.18. The molecule has 0 aromatic carbocycles. The fourth-order valence-corrected chi connectivity index (χ4v) is 0.602. The largest absolute Gasteiger partial charge is 0.514 e. The molecule has 1 N–H and O–H groups in total. The van der Waals surface area contributed by atoms with Crippen LogP contribution in [0.25, 0.3) is 5.57 Å². The van der Waals surface area contributed by atoms with E-state index in [9.17, 15) is 0 Å². The fraction of sp³-hybridized carbons (Fsp3) is 0. The highest BCUT2D eigenvalue weighted by molar-refractivity contribution is 5.72. The summed E-state index contributed by atoms with van der Waals surface area (Å²) in [6.07, 6.45) is 3.54. The van der Waals surface area contributed by atoms with E-state index in [2.05, 4.69) is 9.97 Å². The van der Waals surface area contributed by atoms with Gasteiger partial charge in [0.05, 0.1) is 12.0 Å². The summed E-state index contributed by atoms with van der Waals surface area (Å²) in [4.78, 5) is 7.43. The first kappa shape index (κ1) is 7.22. The average Bonchev–Trinajstić information content (AvgIpc) is 2.09. The van der Waals surface area contributed by atoms with E-state index in [1.807, 2.05) is 0 Å². The second-order valence-electron chi connectivity index (χ2n) is 1.75. The molecule has 1 heterocycles. The molecule has 0 unspecified atom stereocenters. The van der Waals surface area contributed by atoms with Gasteiger partial charge in [-0.25, -0.2) is 9.97 Å². The zero-order valence-electron chi connectivity index (χ0n) is 5.60. The molecular formula is C7H5N3O. The molecule has 4 heteroatoms. The third kappa shape index (κ3) is 1.52. The van der Waals surface area contributed by atoms with Crippen LogP contribution in [0.1, 0.15) is 5.69 Å².